The van der Waals surface area contributed by atoms with Gasteiger partial charge in [-0.25, -0.2) is 4.79 Å². The SMILES string of the molecule is CCCC1(C(=O)O)CCCN1C(=O)c1ccc(Br)cc1Br. The van der Waals surface area contributed by atoms with Gasteiger partial charge in [0, 0.05) is 15.5 Å². The van der Waals surface area contributed by atoms with E-state index in [1.807, 2.05) is 6.92 Å². The molecule has 1 unspecified atom stereocenters. The number of nitrogens with zero attached hydrogens (tertiary/aromatic N) is 1. The molecule has 1 saturated heterocycles. The summed E-state index contributed by atoms with van der Waals surface area (Å²) in [4.78, 5) is 26.1. The fourth-order valence-corrected chi connectivity index (χ4v) is 4.20. The highest BCUT2D eigenvalue weighted by molar-refractivity contribution is 9.11. The highest BCUT2D eigenvalue weighted by atomic mass is 79.9. The largest absolute Gasteiger partial charge is 0.479 e. The molecule has 0 radical (unpaired) electrons. The van der Waals surface area contributed by atoms with Crippen molar-refractivity contribution >= 4 is 43.7 Å². The second-order valence-corrected chi connectivity index (χ2v) is 7.04. The van der Waals surface area contributed by atoms with Gasteiger partial charge in [0.1, 0.15) is 5.54 Å². The van der Waals surface area contributed by atoms with Crippen LogP contribution in [0.15, 0.2) is 27.1 Å². The van der Waals surface area contributed by atoms with Crippen LogP contribution < -0.4 is 0 Å². The Morgan fingerprint density at radius 3 is 2.67 bits per heavy atom. The number of benzene rings is 1. The van der Waals surface area contributed by atoms with Crippen molar-refractivity contribution in [2.24, 2.45) is 0 Å². The molecular weight excluding hydrogens is 402 g/mol. The molecule has 1 amide bonds. The quantitative estimate of drug-likeness (QED) is 0.801. The van der Waals surface area contributed by atoms with Gasteiger partial charge < -0.3 is 10.0 Å². The molecule has 2 rings (SSSR count). The molecule has 1 aromatic carbocycles. The van der Waals surface area contributed by atoms with Crippen LogP contribution in [0.25, 0.3) is 0 Å². The molecule has 6 heteroatoms. The maximum absolute atomic E-state index is 12.8. The Labute approximate surface area is 140 Å². The number of likely N-dealkylation sites (tertiary alicyclic amines) is 1. The van der Waals surface area contributed by atoms with Gasteiger partial charge >= 0.3 is 5.97 Å². The molecule has 1 aromatic rings. The Balaban J connectivity index is 2.39. The third-order valence-corrected chi connectivity index (χ3v) is 5.11. The standard InChI is InChI=1S/C15H17Br2NO3/c1-2-6-15(14(20)21)7-3-8-18(15)13(19)11-5-4-10(16)9-12(11)17/h4-5,9H,2-3,6-8H2,1H3,(H,20,21). The predicted octanol–water partition coefficient (Wildman–Crippen LogP) is 4.07. The normalized spacial score (nSPS) is 21.6. The lowest BCUT2D eigenvalue weighted by molar-refractivity contribution is -0.148. The summed E-state index contributed by atoms with van der Waals surface area (Å²) in [6.07, 6.45) is 2.47. The summed E-state index contributed by atoms with van der Waals surface area (Å²) in [7, 11) is 0. The number of hydrogen-bond acceptors (Lipinski definition) is 2. The summed E-state index contributed by atoms with van der Waals surface area (Å²) in [6.45, 7) is 2.44. The molecule has 1 heterocycles. The van der Waals surface area contributed by atoms with E-state index in [0.717, 1.165) is 17.3 Å². The lowest BCUT2D eigenvalue weighted by atomic mass is 9.90. The first-order chi connectivity index (χ1) is 9.92. The first kappa shape index (κ1) is 16.5. The summed E-state index contributed by atoms with van der Waals surface area (Å²) in [6, 6.07) is 5.30. The molecule has 1 aliphatic rings. The van der Waals surface area contributed by atoms with Crippen LogP contribution in [0, 0.1) is 0 Å². The van der Waals surface area contributed by atoms with E-state index in [4.69, 9.17) is 0 Å². The summed E-state index contributed by atoms with van der Waals surface area (Å²) in [5.74, 6) is -1.12. The van der Waals surface area contributed by atoms with Crippen LogP contribution in [0.2, 0.25) is 0 Å². The monoisotopic (exact) mass is 417 g/mol. The Morgan fingerprint density at radius 2 is 2.10 bits per heavy atom. The molecule has 0 saturated carbocycles. The average Bonchev–Trinajstić information content (AvgIpc) is 2.83. The topological polar surface area (TPSA) is 57.6 Å². The van der Waals surface area contributed by atoms with Gasteiger partial charge in [0.2, 0.25) is 0 Å². The number of carbonyl (C=O) groups excluding carboxylic acids is 1. The van der Waals surface area contributed by atoms with Gasteiger partial charge in [0.05, 0.1) is 5.56 Å². The number of amides is 1. The van der Waals surface area contributed by atoms with Crippen LogP contribution >= 0.6 is 31.9 Å². The van der Waals surface area contributed by atoms with Gasteiger partial charge in [-0.15, -0.1) is 0 Å². The Morgan fingerprint density at radius 1 is 1.38 bits per heavy atom. The first-order valence-electron chi connectivity index (χ1n) is 6.93. The number of rotatable bonds is 4. The molecular formula is C15H17Br2NO3. The highest BCUT2D eigenvalue weighted by Crippen LogP contribution is 2.36. The smallest absolute Gasteiger partial charge is 0.329 e. The van der Waals surface area contributed by atoms with Gasteiger partial charge in [-0.1, -0.05) is 29.3 Å². The molecule has 0 aliphatic carbocycles. The zero-order valence-corrected chi connectivity index (χ0v) is 14.9. The van der Waals surface area contributed by atoms with E-state index in [0.29, 0.717) is 29.4 Å². The van der Waals surface area contributed by atoms with Gasteiger partial charge in [0.15, 0.2) is 0 Å². The summed E-state index contributed by atoms with van der Waals surface area (Å²) in [5.41, 5.74) is -0.556. The van der Waals surface area contributed by atoms with Gasteiger partial charge in [-0.3, -0.25) is 4.79 Å². The maximum atomic E-state index is 12.8. The summed E-state index contributed by atoms with van der Waals surface area (Å²) >= 11 is 6.73. The Kier molecular flexibility index (Phi) is 5.09. The fourth-order valence-electron chi connectivity index (χ4n) is 2.99. The fraction of sp³-hybridized carbons (Fsp3) is 0.467. The molecule has 1 N–H and O–H groups in total. The second kappa shape index (κ2) is 6.48. The minimum Gasteiger partial charge on any atom is -0.479 e. The van der Waals surface area contributed by atoms with Crippen molar-refractivity contribution < 1.29 is 14.7 Å². The van der Waals surface area contributed by atoms with E-state index >= 15 is 0 Å². The van der Waals surface area contributed by atoms with Gasteiger partial charge in [-0.05, 0) is 53.4 Å². The molecule has 0 aromatic heterocycles. The summed E-state index contributed by atoms with van der Waals surface area (Å²) in [5, 5.41) is 9.66. The molecule has 1 aliphatic heterocycles. The Bertz CT molecular complexity index is 576. The van der Waals surface area contributed by atoms with E-state index < -0.39 is 11.5 Å². The van der Waals surface area contributed by atoms with Crippen molar-refractivity contribution in [2.45, 2.75) is 38.1 Å². The molecule has 0 spiro atoms. The van der Waals surface area contributed by atoms with E-state index in [2.05, 4.69) is 31.9 Å². The zero-order chi connectivity index (χ0) is 15.6. The van der Waals surface area contributed by atoms with Crippen LogP contribution in [-0.2, 0) is 4.79 Å². The Hall–Kier alpha value is -0.880. The number of carboxylic acids is 1. The van der Waals surface area contributed by atoms with Crippen LogP contribution in [0.4, 0.5) is 0 Å². The minimum atomic E-state index is -1.06. The molecule has 21 heavy (non-hydrogen) atoms. The van der Waals surface area contributed by atoms with Crippen molar-refractivity contribution in [3.8, 4) is 0 Å². The minimum absolute atomic E-state index is 0.220. The van der Waals surface area contributed by atoms with Crippen LogP contribution in [0.5, 0.6) is 0 Å². The third kappa shape index (κ3) is 3.01. The van der Waals surface area contributed by atoms with Gasteiger partial charge in [0.25, 0.3) is 5.91 Å². The van der Waals surface area contributed by atoms with E-state index in [-0.39, 0.29) is 5.91 Å². The average molecular weight is 419 g/mol. The first-order valence-corrected chi connectivity index (χ1v) is 8.51. The van der Waals surface area contributed by atoms with E-state index in [1.54, 1.807) is 18.2 Å². The molecule has 1 fully saturated rings. The lowest BCUT2D eigenvalue weighted by Crippen LogP contribution is -2.53. The molecule has 1 atom stereocenters. The van der Waals surface area contributed by atoms with Crippen molar-refractivity contribution in [2.75, 3.05) is 6.54 Å². The summed E-state index contributed by atoms with van der Waals surface area (Å²) < 4.78 is 1.54. The molecule has 4 nitrogen and oxygen atoms in total. The number of aliphatic carboxylic acids is 1. The predicted molar refractivity (Wildman–Crippen MR) is 87.4 cm³/mol. The zero-order valence-electron chi connectivity index (χ0n) is 11.7. The van der Waals surface area contributed by atoms with Crippen LogP contribution in [0.3, 0.4) is 0 Å². The maximum Gasteiger partial charge on any atom is 0.329 e. The number of halogens is 2. The van der Waals surface area contributed by atoms with Crippen molar-refractivity contribution in [1.82, 2.24) is 4.90 Å². The number of carboxylic acid groups (broad SMARTS) is 1. The molecule has 114 valence electrons. The van der Waals surface area contributed by atoms with Crippen molar-refractivity contribution in [3.63, 3.8) is 0 Å². The van der Waals surface area contributed by atoms with Crippen molar-refractivity contribution in [1.29, 1.82) is 0 Å². The third-order valence-electron chi connectivity index (χ3n) is 3.96. The number of hydrogen-bond donors (Lipinski definition) is 1. The highest BCUT2D eigenvalue weighted by Gasteiger charge is 2.49. The van der Waals surface area contributed by atoms with E-state index in [1.165, 1.54) is 4.90 Å². The lowest BCUT2D eigenvalue weighted by Gasteiger charge is -2.35. The van der Waals surface area contributed by atoms with Crippen LogP contribution in [-0.4, -0.2) is 34.0 Å². The molecule has 0 bridgehead atoms. The van der Waals surface area contributed by atoms with E-state index in [9.17, 15) is 14.7 Å². The van der Waals surface area contributed by atoms with Gasteiger partial charge in [-0.2, -0.15) is 0 Å². The van der Waals surface area contributed by atoms with Crippen molar-refractivity contribution in [3.05, 3.63) is 32.7 Å². The second-order valence-electron chi connectivity index (χ2n) is 5.27. The number of carbonyl (C=O) groups is 2. The van der Waals surface area contributed by atoms with Crippen LogP contribution in [0.1, 0.15) is 43.0 Å².